The Morgan fingerprint density at radius 2 is 2.14 bits per heavy atom. The lowest BCUT2D eigenvalue weighted by Crippen LogP contribution is -2.22. The van der Waals surface area contributed by atoms with Crippen LogP contribution in [-0.4, -0.2) is 6.54 Å². The van der Waals surface area contributed by atoms with Crippen molar-refractivity contribution in [1.82, 2.24) is 5.32 Å². The Morgan fingerprint density at radius 1 is 1.33 bits per heavy atom. The van der Waals surface area contributed by atoms with Crippen LogP contribution in [0.3, 0.4) is 0 Å². The second-order valence-electron chi connectivity index (χ2n) is 5.60. The molecule has 0 saturated heterocycles. The van der Waals surface area contributed by atoms with E-state index >= 15 is 0 Å². The second-order valence-corrected chi connectivity index (χ2v) is 8.36. The monoisotopic (exact) mass is 431 g/mol. The van der Waals surface area contributed by atoms with Crippen molar-refractivity contribution >= 4 is 45.5 Å². The minimum Gasteiger partial charge on any atom is -0.309 e. The van der Waals surface area contributed by atoms with Crippen LogP contribution in [0, 0.1) is 9.49 Å². The molecular weight excluding hydrogens is 413 g/mol. The van der Waals surface area contributed by atoms with Gasteiger partial charge in [0.1, 0.15) is 0 Å². The highest BCUT2D eigenvalue weighted by molar-refractivity contribution is 14.1. The molecule has 1 aromatic heterocycles. The first kappa shape index (κ1) is 15.8. The first-order chi connectivity index (χ1) is 10.2. The predicted octanol–water partition coefficient (Wildman–Crippen LogP) is 6.12. The van der Waals surface area contributed by atoms with Crippen molar-refractivity contribution in [3.63, 3.8) is 0 Å². The van der Waals surface area contributed by atoms with Crippen LogP contribution in [0.25, 0.3) is 10.4 Å². The quantitative estimate of drug-likeness (QED) is 0.543. The lowest BCUT2D eigenvalue weighted by atomic mass is 10.1. The first-order valence-electron chi connectivity index (χ1n) is 7.47. The van der Waals surface area contributed by atoms with E-state index in [-0.39, 0.29) is 0 Å². The van der Waals surface area contributed by atoms with E-state index in [0.29, 0.717) is 6.04 Å². The number of nitrogens with one attached hydrogen (secondary N) is 1. The van der Waals surface area contributed by atoms with E-state index in [1.165, 1.54) is 32.6 Å². The average molecular weight is 432 g/mol. The summed E-state index contributed by atoms with van der Waals surface area (Å²) in [5.41, 5.74) is 1.15. The molecule has 1 fully saturated rings. The van der Waals surface area contributed by atoms with Gasteiger partial charge in [-0.05, 0) is 78.6 Å². The molecule has 1 heterocycles. The maximum Gasteiger partial charge on any atom is 0.0503 e. The van der Waals surface area contributed by atoms with Crippen LogP contribution in [0.5, 0.6) is 0 Å². The van der Waals surface area contributed by atoms with E-state index < -0.39 is 0 Å². The van der Waals surface area contributed by atoms with Crippen molar-refractivity contribution in [3.05, 3.63) is 43.8 Å². The Balaban J connectivity index is 1.84. The van der Waals surface area contributed by atoms with E-state index in [1.54, 1.807) is 0 Å². The molecule has 1 unspecified atom stereocenters. The highest BCUT2D eigenvalue weighted by Gasteiger charge is 2.32. The van der Waals surface area contributed by atoms with Gasteiger partial charge in [0.2, 0.25) is 0 Å². The van der Waals surface area contributed by atoms with Crippen LogP contribution in [0.2, 0.25) is 5.02 Å². The highest BCUT2D eigenvalue weighted by Crippen LogP contribution is 2.45. The maximum absolute atomic E-state index is 6.40. The standard InChI is InChI=1S/C17H19ClINS/c1-2-9-20-17(11-3-4-11)16-8-7-15(21-16)13-6-5-12(19)10-14(13)18/h5-8,10-11,17,20H,2-4,9H2,1H3. The summed E-state index contributed by atoms with van der Waals surface area (Å²) in [6.07, 6.45) is 3.90. The summed E-state index contributed by atoms with van der Waals surface area (Å²) in [6, 6.07) is 11.3. The summed E-state index contributed by atoms with van der Waals surface area (Å²) in [7, 11) is 0. The van der Waals surface area contributed by atoms with E-state index in [2.05, 4.69) is 59.1 Å². The summed E-state index contributed by atoms with van der Waals surface area (Å²) in [4.78, 5) is 2.73. The van der Waals surface area contributed by atoms with Crippen molar-refractivity contribution in [2.24, 2.45) is 5.92 Å². The zero-order valence-electron chi connectivity index (χ0n) is 12.0. The molecule has 1 aliphatic rings. The molecule has 1 atom stereocenters. The van der Waals surface area contributed by atoms with Crippen LogP contribution in [0.1, 0.15) is 37.1 Å². The van der Waals surface area contributed by atoms with Crippen LogP contribution in [-0.2, 0) is 0 Å². The normalized spacial score (nSPS) is 16.1. The van der Waals surface area contributed by atoms with Gasteiger partial charge in [0.05, 0.1) is 5.02 Å². The molecule has 1 aromatic carbocycles. The average Bonchev–Trinajstić information content (AvgIpc) is 3.18. The van der Waals surface area contributed by atoms with Gasteiger partial charge in [-0.15, -0.1) is 11.3 Å². The molecular formula is C17H19ClINS. The molecule has 112 valence electrons. The summed E-state index contributed by atoms with van der Waals surface area (Å²) in [6.45, 7) is 3.32. The Kier molecular flexibility index (Phi) is 5.25. The molecule has 0 aliphatic heterocycles. The number of hydrogen-bond acceptors (Lipinski definition) is 2. The first-order valence-corrected chi connectivity index (χ1v) is 9.75. The van der Waals surface area contributed by atoms with Crippen LogP contribution >= 0.6 is 45.5 Å². The molecule has 21 heavy (non-hydrogen) atoms. The third kappa shape index (κ3) is 3.81. The maximum atomic E-state index is 6.40. The Morgan fingerprint density at radius 3 is 2.81 bits per heavy atom. The summed E-state index contributed by atoms with van der Waals surface area (Å²) in [5, 5.41) is 4.56. The van der Waals surface area contributed by atoms with Gasteiger partial charge in [0.15, 0.2) is 0 Å². The molecule has 0 bridgehead atoms. The number of thiophene rings is 1. The van der Waals surface area contributed by atoms with Crippen LogP contribution in [0.4, 0.5) is 0 Å². The van der Waals surface area contributed by atoms with Gasteiger partial charge in [0, 0.05) is 24.9 Å². The van der Waals surface area contributed by atoms with E-state index in [4.69, 9.17) is 11.6 Å². The Labute approximate surface area is 149 Å². The van der Waals surface area contributed by atoms with Crippen molar-refractivity contribution in [1.29, 1.82) is 0 Å². The van der Waals surface area contributed by atoms with Crippen molar-refractivity contribution < 1.29 is 0 Å². The van der Waals surface area contributed by atoms with E-state index in [0.717, 1.165) is 23.0 Å². The predicted molar refractivity (Wildman–Crippen MR) is 101 cm³/mol. The van der Waals surface area contributed by atoms with Crippen molar-refractivity contribution in [3.8, 4) is 10.4 Å². The minimum atomic E-state index is 0.534. The fourth-order valence-corrected chi connectivity index (χ4v) is 4.81. The summed E-state index contributed by atoms with van der Waals surface area (Å²) < 4.78 is 1.18. The Bertz CT molecular complexity index is 621. The van der Waals surface area contributed by atoms with E-state index in [1.807, 2.05) is 17.4 Å². The summed E-state index contributed by atoms with van der Waals surface area (Å²) in [5.74, 6) is 0.829. The third-order valence-corrected chi connectivity index (χ3v) is 6.02. The third-order valence-electron chi connectivity index (χ3n) is 3.84. The van der Waals surface area contributed by atoms with Crippen LogP contribution in [0.15, 0.2) is 30.3 Å². The van der Waals surface area contributed by atoms with Crippen molar-refractivity contribution in [2.75, 3.05) is 6.54 Å². The Hall–Kier alpha value is -0.100. The molecule has 1 N–H and O–H groups in total. The zero-order valence-corrected chi connectivity index (χ0v) is 15.8. The number of rotatable bonds is 6. The van der Waals surface area contributed by atoms with Crippen molar-refractivity contribution in [2.45, 2.75) is 32.2 Å². The smallest absolute Gasteiger partial charge is 0.0503 e. The van der Waals surface area contributed by atoms with Gasteiger partial charge in [0.25, 0.3) is 0 Å². The molecule has 0 radical (unpaired) electrons. The van der Waals surface area contributed by atoms with Gasteiger partial charge in [-0.25, -0.2) is 0 Å². The number of halogens is 2. The fraction of sp³-hybridized carbons (Fsp3) is 0.412. The van der Waals surface area contributed by atoms with Crippen LogP contribution < -0.4 is 5.32 Å². The largest absolute Gasteiger partial charge is 0.309 e. The highest BCUT2D eigenvalue weighted by atomic mass is 127. The number of hydrogen-bond donors (Lipinski definition) is 1. The van der Waals surface area contributed by atoms with Gasteiger partial charge in [-0.1, -0.05) is 24.6 Å². The SMILES string of the molecule is CCCNC(c1ccc(-c2ccc(I)cc2Cl)s1)C1CC1. The molecule has 2 aromatic rings. The molecule has 1 saturated carbocycles. The van der Waals surface area contributed by atoms with E-state index in [9.17, 15) is 0 Å². The molecule has 1 aliphatic carbocycles. The topological polar surface area (TPSA) is 12.0 Å². The lowest BCUT2D eigenvalue weighted by Gasteiger charge is -2.16. The van der Waals surface area contributed by atoms with Gasteiger partial charge in [-0.2, -0.15) is 0 Å². The minimum absolute atomic E-state index is 0.534. The summed E-state index contributed by atoms with van der Waals surface area (Å²) >= 11 is 10.6. The molecule has 0 spiro atoms. The van der Waals surface area contributed by atoms with Gasteiger partial charge < -0.3 is 5.32 Å². The number of benzene rings is 1. The van der Waals surface area contributed by atoms with Gasteiger partial charge in [-0.3, -0.25) is 0 Å². The molecule has 3 rings (SSSR count). The zero-order chi connectivity index (χ0) is 14.8. The molecule has 4 heteroatoms. The lowest BCUT2D eigenvalue weighted by molar-refractivity contribution is 0.488. The fourth-order valence-electron chi connectivity index (χ4n) is 2.58. The molecule has 0 amide bonds. The second kappa shape index (κ2) is 6.99. The molecule has 1 nitrogen and oxygen atoms in total. The van der Waals surface area contributed by atoms with Gasteiger partial charge >= 0.3 is 0 Å².